The van der Waals surface area contributed by atoms with Crippen molar-refractivity contribution >= 4 is 28.6 Å². The lowest BCUT2D eigenvalue weighted by atomic mass is 10.0. The first-order chi connectivity index (χ1) is 13.5. The average Bonchev–Trinajstić information content (AvgIpc) is 3.39. The van der Waals surface area contributed by atoms with Gasteiger partial charge < -0.3 is 20.2 Å². The molecule has 3 N–H and O–H groups in total. The van der Waals surface area contributed by atoms with E-state index in [1.165, 1.54) is 23.8 Å². The van der Waals surface area contributed by atoms with Crippen LogP contribution in [0.4, 0.5) is 5.69 Å². The van der Waals surface area contributed by atoms with Gasteiger partial charge in [-0.2, -0.15) is 5.10 Å². The summed E-state index contributed by atoms with van der Waals surface area (Å²) in [5, 5.41) is 34.5. The van der Waals surface area contributed by atoms with E-state index in [1.807, 2.05) is 6.07 Å². The number of aliphatic hydroxyl groups is 3. The Morgan fingerprint density at radius 2 is 1.89 bits per heavy atom. The lowest BCUT2D eigenvalue weighted by Crippen LogP contribution is -2.29. The molecule has 2 aliphatic carbocycles. The molecule has 2 saturated carbocycles. The fourth-order valence-corrected chi connectivity index (χ4v) is 5.51. The zero-order chi connectivity index (χ0) is 19.6. The summed E-state index contributed by atoms with van der Waals surface area (Å²) in [4.78, 5) is 19.3. The Labute approximate surface area is 166 Å². The van der Waals surface area contributed by atoms with Crippen molar-refractivity contribution in [2.24, 2.45) is 17.8 Å². The number of nitrogens with zero attached hydrogens (tertiary/aromatic N) is 4. The summed E-state index contributed by atoms with van der Waals surface area (Å²) in [7, 11) is 0. The maximum absolute atomic E-state index is 12.7. The molecule has 28 heavy (non-hydrogen) atoms. The molecule has 0 amide bonds. The van der Waals surface area contributed by atoms with Crippen LogP contribution in [0.25, 0.3) is 5.52 Å². The number of fused-ring (bicyclic) bond motifs is 2. The number of aliphatic hydroxyl groups excluding tert-OH is 3. The van der Waals surface area contributed by atoms with Crippen LogP contribution in [0.2, 0.25) is 5.15 Å². The topological polar surface area (TPSA) is 111 Å². The Hall–Kier alpha value is -1.74. The molecule has 5 rings (SSSR count). The minimum atomic E-state index is -1.34. The van der Waals surface area contributed by atoms with Crippen LogP contribution in [-0.4, -0.2) is 67.6 Å². The first-order valence-electron chi connectivity index (χ1n) is 9.79. The molecule has 2 aromatic rings. The molecule has 8 nitrogen and oxygen atoms in total. The number of hydrogen-bond donors (Lipinski definition) is 3. The first-order valence-corrected chi connectivity index (χ1v) is 10.2. The summed E-state index contributed by atoms with van der Waals surface area (Å²) in [5.74, 6) is -0.865. The predicted molar refractivity (Wildman–Crippen MR) is 101 cm³/mol. The SMILES string of the molecule is O=C1[C@H](CO)[C@H](O)[C@H](O)[C@@H]1c1ncc2c(N3CC4CCCC4C3)cc(Cl)nn12. The van der Waals surface area contributed by atoms with Crippen molar-refractivity contribution in [1.82, 2.24) is 14.6 Å². The number of ketones is 1. The van der Waals surface area contributed by atoms with Gasteiger partial charge in [-0.15, -0.1) is 0 Å². The van der Waals surface area contributed by atoms with Gasteiger partial charge in [0.25, 0.3) is 0 Å². The van der Waals surface area contributed by atoms with E-state index in [2.05, 4.69) is 15.0 Å². The van der Waals surface area contributed by atoms with E-state index >= 15 is 0 Å². The average molecular weight is 407 g/mol. The van der Waals surface area contributed by atoms with Crippen molar-refractivity contribution in [3.8, 4) is 0 Å². The number of halogens is 1. The number of aromatic nitrogens is 3. The standard InChI is InChI=1S/C19H23ClN4O4/c20-14-4-12(23-6-9-2-1-3-10(9)7-23)13-5-21-19(24(13)22-14)15-16(26)11(8-25)17(27)18(15)28/h4-5,9-11,15,17-18,25,27-28H,1-3,6-8H2/t9?,10?,11-,15+,17-,18+/m0/s1. The van der Waals surface area contributed by atoms with Gasteiger partial charge in [0.15, 0.2) is 10.9 Å². The number of Topliss-reactive ketones (excluding diaryl/α,β-unsaturated/α-hetero) is 1. The summed E-state index contributed by atoms with van der Waals surface area (Å²) in [6, 6.07) is 1.82. The fourth-order valence-electron chi connectivity index (χ4n) is 5.33. The van der Waals surface area contributed by atoms with Crippen LogP contribution < -0.4 is 4.90 Å². The van der Waals surface area contributed by atoms with Crippen molar-refractivity contribution in [3.05, 3.63) is 23.2 Å². The maximum atomic E-state index is 12.7. The molecule has 2 aromatic heterocycles. The second-order valence-corrected chi connectivity index (χ2v) is 8.66. The summed E-state index contributed by atoms with van der Waals surface area (Å²) in [5.41, 5.74) is 1.65. The zero-order valence-electron chi connectivity index (χ0n) is 15.3. The van der Waals surface area contributed by atoms with E-state index in [9.17, 15) is 20.1 Å². The van der Waals surface area contributed by atoms with Gasteiger partial charge in [-0.05, 0) is 24.7 Å². The molecule has 0 radical (unpaired) electrons. The van der Waals surface area contributed by atoms with Gasteiger partial charge >= 0.3 is 0 Å². The Morgan fingerprint density at radius 1 is 1.18 bits per heavy atom. The predicted octanol–water partition coefficient (Wildman–Crippen LogP) is 0.616. The second-order valence-electron chi connectivity index (χ2n) is 8.27. The molecule has 0 spiro atoms. The molecule has 3 aliphatic rings. The highest BCUT2D eigenvalue weighted by Crippen LogP contribution is 2.42. The number of rotatable bonds is 3. The number of hydrogen-bond acceptors (Lipinski definition) is 7. The molecule has 1 saturated heterocycles. The van der Waals surface area contributed by atoms with Crippen molar-refractivity contribution in [2.75, 3.05) is 24.6 Å². The third kappa shape index (κ3) is 2.58. The molecular weight excluding hydrogens is 384 g/mol. The van der Waals surface area contributed by atoms with Crippen molar-refractivity contribution in [3.63, 3.8) is 0 Å². The summed E-state index contributed by atoms with van der Waals surface area (Å²) < 4.78 is 1.50. The fraction of sp³-hybridized carbons (Fsp3) is 0.632. The van der Waals surface area contributed by atoms with Crippen LogP contribution in [0.5, 0.6) is 0 Å². The van der Waals surface area contributed by atoms with Crippen LogP contribution in [0.1, 0.15) is 31.0 Å². The number of anilines is 1. The van der Waals surface area contributed by atoms with E-state index in [-0.39, 0.29) is 11.0 Å². The summed E-state index contributed by atoms with van der Waals surface area (Å²) >= 11 is 6.29. The van der Waals surface area contributed by atoms with Crippen LogP contribution in [-0.2, 0) is 4.79 Å². The summed E-state index contributed by atoms with van der Waals surface area (Å²) in [6.07, 6.45) is 2.77. The highest BCUT2D eigenvalue weighted by atomic mass is 35.5. The molecule has 1 aliphatic heterocycles. The van der Waals surface area contributed by atoms with Gasteiger partial charge in [0, 0.05) is 19.2 Å². The van der Waals surface area contributed by atoms with E-state index in [1.54, 1.807) is 6.20 Å². The largest absolute Gasteiger partial charge is 0.396 e. The van der Waals surface area contributed by atoms with Gasteiger partial charge in [0.05, 0.1) is 36.6 Å². The number of imidazole rings is 1. The third-order valence-corrected chi connectivity index (χ3v) is 6.98. The molecule has 150 valence electrons. The molecule has 3 fully saturated rings. The zero-order valence-corrected chi connectivity index (χ0v) is 16.0. The van der Waals surface area contributed by atoms with Crippen molar-refractivity contribution < 1.29 is 20.1 Å². The van der Waals surface area contributed by atoms with Gasteiger partial charge in [-0.1, -0.05) is 18.0 Å². The second kappa shape index (κ2) is 6.66. The van der Waals surface area contributed by atoms with E-state index in [0.29, 0.717) is 11.8 Å². The van der Waals surface area contributed by atoms with Gasteiger partial charge in [-0.3, -0.25) is 4.79 Å². The highest BCUT2D eigenvalue weighted by molar-refractivity contribution is 6.29. The molecule has 6 atom stereocenters. The van der Waals surface area contributed by atoms with Crippen LogP contribution in [0, 0.1) is 17.8 Å². The molecular formula is C19H23ClN4O4. The minimum absolute atomic E-state index is 0.241. The van der Waals surface area contributed by atoms with Gasteiger partial charge in [-0.25, -0.2) is 9.50 Å². The quantitative estimate of drug-likeness (QED) is 0.685. The van der Waals surface area contributed by atoms with Crippen molar-refractivity contribution in [2.45, 2.75) is 37.4 Å². The third-order valence-electron chi connectivity index (χ3n) is 6.80. The number of carbonyl (C=O) groups excluding carboxylic acids is 1. The minimum Gasteiger partial charge on any atom is -0.396 e. The lowest BCUT2D eigenvalue weighted by Gasteiger charge is -2.21. The monoisotopic (exact) mass is 406 g/mol. The highest BCUT2D eigenvalue weighted by Gasteiger charge is 2.51. The Kier molecular flexibility index (Phi) is 4.35. The smallest absolute Gasteiger partial charge is 0.154 e. The molecule has 3 heterocycles. The van der Waals surface area contributed by atoms with Crippen LogP contribution in [0.15, 0.2) is 12.3 Å². The van der Waals surface area contributed by atoms with E-state index < -0.39 is 36.4 Å². The van der Waals surface area contributed by atoms with Gasteiger partial charge in [0.2, 0.25) is 0 Å². The molecule has 0 aromatic carbocycles. The van der Waals surface area contributed by atoms with Crippen LogP contribution in [0.3, 0.4) is 0 Å². The summed E-state index contributed by atoms with van der Waals surface area (Å²) in [6.45, 7) is 1.42. The van der Waals surface area contributed by atoms with E-state index in [0.717, 1.165) is 24.3 Å². The lowest BCUT2D eigenvalue weighted by molar-refractivity contribution is -0.124. The molecule has 0 bridgehead atoms. The first kappa shape index (κ1) is 18.3. The number of carbonyl (C=O) groups is 1. The Bertz CT molecular complexity index is 922. The molecule has 9 heteroatoms. The van der Waals surface area contributed by atoms with Crippen LogP contribution >= 0.6 is 11.6 Å². The van der Waals surface area contributed by atoms with E-state index in [4.69, 9.17) is 11.6 Å². The Balaban J connectivity index is 1.56. The maximum Gasteiger partial charge on any atom is 0.154 e. The normalized spacial score (nSPS) is 35.3. The molecule has 2 unspecified atom stereocenters. The van der Waals surface area contributed by atoms with Gasteiger partial charge in [0.1, 0.15) is 17.3 Å². The van der Waals surface area contributed by atoms with Crippen molar-refractivity contribution in [1.29, 1.82) is 0 Å². The Morgan fingerprint density at radius 3 is 2.54 bits per heavy atom.